The number of methoxy groups -OCH3 is 2. The normalized spacial score (nSPS) is 10.2. The van der Waals surface area contributed by atoms with Crippen molar-refractivity contribution in [3.05, 3.63) is 51.5 Å². The summed E-state index contributed by atoms with van der Waals surface area (Å²) in [4.78, 5) is 11.9. The lowest BCUT2D eigenvalue weighted by molar-refractivity contribution is -0.123. The van der Waals surface area contributed by atoms with Crippen molar-refractivity contribution in [3.8, 4) is 17.2 Å². The highest BCUT2D eigenvalue weighted by Crippen LogP contribution is 2.28. The third-order valence-corrected chi connectivity index (χ3v) is 4.23. The summed E-state index contributed by atoms with van der Waals surface area (Å²) in [6.07, 6.45) is 0.672. The molecule has 0 aliphatic heterocycles. The number of carbonyl (C=O) groups excluding carboxylic acids is 1. The average molecular weight is 429 g/mol. The summed E-state index contributed by atoms with van der Waals surface area (Å²) < 4.78 is 16.7. The standard InChI is InChI=1S/C18H19BrClNO4/c1-23-16-5-3-12(9-17(16)24-2)7-8-21-18(22)11-25-15-6-4-13(19)10-14(15)20/h3-6,9-10H,7-8,11H2,1-2H3,(H,21,22). The molecule has 134 valence electrons. The number of halogens is 2. The molecule has 0 saturated carbocycles. The van der Waals surface area contributed by atoms with Gasteiger partial charge in [-0.15, -0.1) is 0 Å². The van der Waals surface area contributed by atoms with E-state index in [2.05, 4.69) is 21.2 Å². The average Bonchev–Trinajstić information content (AvgIpc) is 2.60. The zero-order chi connectivity index (χ0) is 18.2. The van der Waals surface area contributed by atoms with Gasteiger partial charge in [0.2, 0.25) is 0 Å². The van der Waals surface area contributed by atoms with Crippen LogP contribution in [0.5, 0.6) is 17.2 Å². The molecule has 0 aliphatic rings. The number of ether oxygens (including phenoxy) is 3. The lowest BCUT2D eigenvalue weighted by Crippen LogP contribution is -2.30. The molecule has 5 nitrogen and oxygen atoms in total. The van der Waals surface area contributed by atoms with Crippen molar-refractivity contribution in [1.29, 1.82) is 0 Å². The van der Waals surface area contributed by atoms with Gasteiger partial charge in [0.05, 0.1) is 19.2 Å². The Labute approximate surface area is 160 Å². The predicted molar refractivity (Wildman–Crippen MR) is 101 cm³/mol. The molecule has 2 aromatic rings. The Morgan fingerprint density at radius 2 is 1.80 bits per heavy atom. The molecular formula is C18H19BrClNO4. The molecule has 25 heavy (non-hydrogen) atoms. The highest BCUT2D eigenvalue weighted by molar-refractivity contribution is 9.10. The van der Waals surface area contributed by atoms with Gasteiger partial charge in [-0.1, -0.05) is 33.6 Å². The molecule has 7 heteroatoms. The first-order valence-corrected chi connectivity index (χ1v) is 8.76. The molecule has 2 aromatic carbocycles. The fourth-order valence-corrected chi connectivity index (χ4v) is 2.90. The Hall–Kier alpha value is -1.92. The van der Waals surface area contributed by atoms with Crippen molar-refractivity contribution in [2.24, 2.45) is 0 Å². The van der Waals surface area contributed by atoms with Gasteiger partial charge in [0.15, 0.2) is 18.1 Å². The predicted octanol–water partition coefficient (Wildman–Crippen LogP) is 3.86. The zero-order valence-corrected chi connectivity index (χ0v) is 16.3. The number of carbonyl (C=O) groups is 1. The third kappa shape index (κ3) is 5.83. The van der Waals surface area contributed by atoms with Crippen molar-refractivity contribution in [2.75, 3.05) is 27.4 Å². The molecule has 0 atom stereocenters. The maximum absolute atomic E-state index is 11.9. The minimum Gasteiger partial charge on any atom is -0.493 e. The Morgan fingerprint density at radius 3 is 2.48 bits per heavy atom. The van der Waals surface area contributed by atoms with E-state index < -0.39 is 0 Å². The second kappa shape index (κ2) is 9.53. The second-order valence-corrected chi connectivity index (χ2v) is 6.48. The minimum absolute atomic E-state index is 0.0900. The maximum Gasteiger partial charge on any atom is 0.257 e. The van der Waals surface area contributed by atoms with Gasteiger partial charge in [-0.05, 0) is 42.3 Å². The minimum atomic E-state index is -0.209. The molecule has 0 spiro atoms. The first-order valence-electron chi connectivity index (χ1n) is 7.59. The van der Waals surface area contributed by atoms with Crippen LogP contribution >= 0.6 is 27.5 Å². The van der Waals surface area contributed by atoms with E-state index in [0.29, 0.717) is 35.2 Å². The molecule has 0 aromatic heterocycles. The first-order chi connectivity index (χ1) is 12.0. The van der Waals surface area contributed by atoms with Crippen LogP contribution in [0.2, 0.25) is 5.02 Å². The number of nitrogens with one attached hydrogen (secondary N) is 1. The molecule has 0 aliphatic carbocycles. The molecule has 1 amide bonds. The van der Waals surface area contributed by atoms with Crippen molar-refractivity contribution in [1.82, 2.24) is 5.32 Å². The number of hydrogen-bond donors (Lipinski definition) is 1. The number of amides is 1. The Kier molecular flexibility index (Phi) is 7.40. The topological polar surface area (TPSA) is 56.8 Å². The van der Waals surface area contributed by atoms with Gasteiger partial charge in [0.1, 0.15) is 5.75 Å². The first kappa shape index (κ1) is 19.4. The van der Waals surface area contributed by atoms with Crippen molar-refractivity contribution < 1.29 is 19.0 Å². The van der Waals surface area contributed by atoms with E-state index in [-0.39, 0.29) is 12.5 Å². The number of hydrogen-bond acceptors (Lipinski definition) is 4. The van der Waals surface area contributed by atoms with Gasteiger partial charge in [-0.25, -0.2) is 0 Å². The molecule has 0 fully saturated rings. The van der Waals surface area contributed by atoms with E-state index >= 15 is 0 Å². The Morgan fingerprint density at radius 1 is 1.08 bits per heavy atom. The number of rotatable bonds is 8. The summed E-state index contributed by atoms with van der Waals surface area (Å²) in [5.74, 6) is 1.61. The van der Waals surface area contributed by atoms with E-state index in [1.165, 1.54) is 0 Å². The quantitative estimate of drug-likeness (QED) is 0.694. The lowest BCUT2D eigenvalue weighted by Gasteiger charge is -2.11. The van der Waals surface area contributed by atoms with Gasteiger partial charge in [-0.2, -0.15) is 0 Å². The van der Waals surface area contributed by atoms with Crippen LogP contribution in [0.15, 0.2) is 40.9 Å². The van der Waals surface area contributed by atoms with Gasteiger partial charge in [0.25, 0.3) is 5.91 Å². The maximum atomic E-state index is 11.9. The van der Waals surface area contributed by atoms with E-state index in [9.17, 15) is 4.79 Å². The van der Waals surface area contributed by atoms with Crippen LogP contribution in [0.3, 0.4) is 0 Å². The fourth-order valence-electron chi connectivity index (χ4n) is 2.17. The summed E-state index contributed by atoms with van der Waals surface area (Å²) in [7, 11) is 3.18. The second-order valence-electron chi connectivity index (χ2n) is 5.15. The molecule has 0 heterocycles. The molecular weight excluding hydrogens is 410 g/mol. The van der Waals surface area contributed by atoms with Gasteiger partial charge >= 0.3 is 0 Å². The van der Waals surface area contributed by atoms with E-state index in [0.717, 1.165) is 10.0 Å². The van der Waals surface area contributed by atoms with Crippen LogP contribution in [-0.2, 0) is 11.2 Å². The van der Waals surface area contributed by atoms with Crippen LogP contribution in [0, 0.1) is 0 Å². The molecule has 0 unspecified atom stereocenters. The van der Waals surface area contributed by atoms with E-state index in [4.69, 9.17) is 25.8 Å². The van der Waals surface area contributed by atoms with Crippen LogP contribution in [-0.4, -0.2) is 33.3 Å². The summed E-state index contributed by atoms with van der Waals surface area (Å²) in [6.45, 7) is 0.402. The summed E-state index contributed by atoms with van der Waals surface area (Å²) in [5, 5.41) is 3.26. The van der Waals surface area contributed by atoms with E-state index in [1.54, 1.807) is 32.4 Å². The van der Waals surface area contributed by atoms with Crippen LogP contribution in [0.1, 0.15) is 5.56 Å². The van der Waals surface area contributed by atoms with E-state index in [1.807, 2.05) is 18.2 Å². The Bertz CT molecular complexity index is 739. The molecule has 2 rings (SSSR count). The highest BCUT2D eigenvalue weighted by atomic mass is 79.9. The lowest BCUT2D eigenvalue weighted by atomic mass is 10.1. The zero-order valence-electron chi connectivity index (χ0n) is 14.0. The monoisotopic (exact) mass is 427 g/mol. The van der Waals surface area contributed by atoms with Crippen LogP contribution < -0.4 is 19.5 Å². The van der Waals surface area contributed by atoms with Crippen molar-refractivity contribution in [2.45, 2.75) is 6.42 Å². The summed E-state index contributed by atoms with van der Waals surface area (Å²) >= 11 is 9.36. The number of benzene rings is 2. The van der Waals surface area contributed by atoms with Crippen LogP contribution in [0.4, 0.5) is 0 Å². The van der Waals surface area contributed by atoms with Gasteiger partial charge < -0.3 is 19.5 Å². The molecule has 0 bridgehead atoms. The molecule has 1 N–H and O–H groups in total. The largest absolute Gasteiger partial charge is 0.493 e. The summed E-state index contributed by atoms with van der Waals surface area (Å²) in [5.41, 5.74) is 1.04. The molecule has 0 radical (unpaired) electrons. The SMILES string of the molecule is COc1ccc(CCNC(=O)COc2ccc(Br)cc2Cl)cc1OC. The summed E-state index contributed by atoms with van der Waals surface area (Å²) in [6, 6.07) is 10.9. The third-order valence-electron chi connectivity index (χ3n) is 3.44. The van der Waals surface area contributed by atoms with Gasteiger partial charge in [-0.3, -0.25) is 4.79 Å². The fraction of sp³-hybridized carbons (Fsp3) is 0.278. The Balaban J connectivity index is 1.78. The smallest absolute Gasteiger partial charge is 0.257 e. The van der Waals surface area contributed by atoms with Crippen molar-refractivity contribution in [3.63, 3.8) is 0 Å². The van der Waals surface area contributed by atoms with Crippen LogP contribution in [0.25, 0.3) is 0 Å². The van der Waals surface area contributed by atoms with Gasteiger partial charge in [0, 0.05) is 11.0 Å². The highest BCUT2D eigenvalue weighted by Gasteiger charge is 2.07. The molecule has 0 saturated heterocycles. The van der Waals surface area contributed by atoms with Crippen molar-refractivity contribution >= 4 is 33.4 Å².